The Morgan fingerprint density at radius 2 is 2.25 bits per heavy atom. The Kier molecular flexibility index (Phi) is 2.22. The van der Waals surface area contributed by atoms with Gasteiger partial charge in [0.1, 0.15) is 0 Å². The largest absolute Gasteiger partial charge is 0.408 e. The second-order valence-corrected chi connectivity index (χ2v) is 3.15. The standard InChI is InChI=1S/C9H10B2N/c10-12-11-9-6-2-4-7-3-1-5-8(7)9/h2,4,6,12H,1,3,5H2. The molecule has 57 valence electrons. The second kappa shape index (κ2) is 3.36. The highest BCUT2D eigenvalue weighted by atomic mass is 14.6. The van der Waals surface area contributed by atoms with Gasteiger partial charge in [0.25, 0.3) is 0 Å². The average molecular weight is 154 g/mol. The molecule has 0 aromatic heterocycles. The van der Waals surface area contributed by atoms with E-state index in [1.165, 1.54) is 35.9 Å². The number of rotatable bonds is 2. The number of hydrogen-bond acceptors (Lipinski definition) is 1. The molecule has 0 spiro atoms. The predicted molar refractivity (Wildman–Crippen MR) is 52.7 cm³/mol. The van der Waals surface area contributed by atoms with Crippen molar-refractivity contribution >= 4 is 20.9 Å². The van der Waals surface area contributed by atoms with Gasteiger partial charge in [-0.05, 0) is 30.4 Å². The van der Waals surface area contributed by atoms with Crippen LogP contribution in [-0.4, -0.2) is 15.4 Å². The van der Waals surface area contributed by atoms with Gasteiger partial charge in [-0.25, -0.2) is 0 Å². The molecule has 1 N–H and O–H groups in total. The summed E-state index contributed by atoms with van der Waals surface area (Å²) in [4.78, 5) is 0. The normalized spacial score (nSPS) is 14.3. The van der Waals surface area contributed by atoms with Gasteiger partial charge < -0.3 is 5.14 Å². The van der Waals surface area contributed by atoms with Crippen LogP contribution in [0.1, 0.15) is 17.5 Å². The van der Waals surface area contributed by atoms with E-state index in [4.69, 9.17) is 7.98 Å². The SMILES string of the molecule is [B]N[B]c1cccc2c1CCC2. The monoisotopic (exact) mass is 154 g/mol. The van der Waals surface area contributed by atoms with E-state index in [9.17, 15) is 0 Å². The minimum Gasteiger partial charge on any atom is -0.408 e. The van der Waals surface area contributed by atoms with Crippen molar-refractivity contribution in [1.29, 1.82) is 0 Å². The first-order chi connectivity index (χ1) is 5.92. The van der Waals surface area contributed by atoms with E-state index in [-0.39, 0.29) is 0 Å². The van der Waals surface area contributed by atoms with Gasteiger partial charge in [0, 0.05) is 0 Å². The fourth-order valence-electron chi connectivity index (χ4n) is 1.87. The Morgan fingerprint density at radius 3 is 3.08 bits per heavy atom. The van der Waals surface area contributed by atoms with E-state index in [1.54, 1.807) is 0 Å². The molecule has 1 aromatic carbocycles. The van der Waals surface area contributed by atoms with Crippen LogP contribution in [0.4, 0.5) is 0 Å². The molecule has 1 nitrogen and oxygen atoms in total. The molecule has 1 aliphatic carbocycles. The molecule has 0 bridgehead atoms. The van der Waals surface area contributed by atoms with Crippen LogP contribution in [0.25, 0.3) is 0 Å². The van der Waals surface area contributed by atoms with Gasteiger partial charge in [0.05, 0.1) is 0 Å². The van der Waals surface area contributed by atoms with Crippen LogP contribution < -0.4 is 10.6 Å². The van der Waals surface area contributed by atoms with E-state index in [0.29, 0.717) is 0 Å². The highest BCUT2D eigenvalue weighted by Gasteiger charge is 2.13. The maximum Gasteiger partial charge on any atom is 0.232 e. The molecule has 0 fully saturated rings. The maximum atomic E-state index is 5.25. The summed E-state index contributed by atoms with van der Waals surface area (Å²) in [5.41, 5.74) is 4.20. The molecule has 0 amide bonds. The van der Waals surface area contributed by atoms with Gasteiger partial charge in [-0.1, -0.05) is 23.7 Å². The first-order valence-electron chi connectivity index (χ1n) is 4.32. The van der Waals surface area contributed by atoms with E-state index < -0.39 is 0 Å². The third-order valence-electron chi connectivity index (χ3n) is 2.42. The summed E-state index contributed by atoms with van der Waals surface area (Å²) in [6, 6.07) is 6.40. The molecule has 3 heteroatoms. The van der Waals surface area contributed by atoms with Crippen molar-refractivity contribution in [3.63, 3.8) is 0 Å². The molecule has 0 atom stereocenters. The number of hydrogen-bond donors (Lipinski definition) is 1. The van der Waals surface area contributed by atoms with Crippen molar-refractivity contribution in [2.24, 2.45) is 0 Å². The van der Waals surface area contributed by atoms with Gasteiger partial charge in [-0.3, -0.25) is 0 Å². The number of aryl methyl sites for hydroxylation is 1. The smallest absolute Gasteiger partial charge is 0.232 e. The lowest BCUT2D eigenvalue weighted by Crippen LogP contribution is -2.30. The molecule has 0 unspecified atom stereocenters. The van der Waals surface area contributed by atoms with Crippen molar-refractivity contribution in [3.8, 4) is 0 Å². The summed E-state index contributed by atoms with van der Waals surface area (Å²) >= 11 is 0. The van der Waals surface area contributed by atoms with Crippen LogP contribution in [0.3, 0.4) is 0 Å². The van der Waals surface area contributed by atoms with Crippen LogP contribution in [0.2, 0.25) is 0 Å². The van der Waals surface area contributed by atoms with Crippen LogP contribution in [0, 0.1) is 0 Å². The second-order valence-electron chi connectivity index (χ2n) is 3.15. The molecular formula is C9H10B2N. The molecule has 3 radical (unpaired) electrons. The molecule has 12 heavy (non-hydrogen) atoms. The Bertz CT molecular complexity index is 286. The number of nitrogens with one attached hydrogen (secondary N) is 1. The summed E-state index contributed by atoms with van der Waals surface area (Å²) in [5, 5.41) is 2.59. The molecular weight excluding hydrogens is 144 g/mol. The lowest BCUT2D eigenvalue weighted by Gasteiger charge is -2.05. The van der Waals surface area contributed by atoms with Gasteiger partial charge in [-0.2, -0.15) is 0 Å². The van der Waals surface area contributed by atoms with Crippen molar-refractivity contribution < 1.29 is 0 Å². The Morgan fingerprint density at radius 1 is 1.33 bits per heavy atom. The van der Waals surface area contributed by atoms with Crippen molar-refractivity contribution in [2.45, 2.75) is 19.3 Å². The quantitative estimate of drug-likeness (QED) is 0.595. The molecule has 0 aliphatic heterocycles. The van der Waals surface area contributed by atoms with E-state index in [1.807, 2.05) is 7.41 Å². The highest BCUT2D eigenvalue weighted by molar-refractivity contribution is 6.57. The minimum atomic E-state index is 1.20. The molecule has 0 saturated heterocycles. The Balaban J connectivity index is 2.36. The van der Waals surface area contributed by atoms with Crippen molar-refractivity contribution in [2.75, 3.05) is 0 Å². The van der Waals surface area contributed by atoms with Crippen LogP contribution in [0.5, 0.6) is 0 Å². The Hall–Kier alpha value is -0.690. The van der Waals surface area contributed by atoms with Crippen LogP contribution in [-0.2, 0) is 12.8 Å². The maximum absolute atomic E-state index is 5.25. The van der Waals surface area contributed by atoms with Gasteiger partial charge in [0.2, 0.25) is 7.41 Å². The van der Waals surface area contributed by atoms with Crippen LogP contribution in [0.15, 0.2) is 18.2 Å². The fourth-order valence-corrected chi connectivity index (χ4v) is 1.87. The van der Waals surface area contributed by atoms with E-state index in [0.717, 1.165) is 0 Å². The average Bonchev–Trinajstić information content (AvgIpc) is 2.53. The third-order valence-corrected chi connectivity index (χ3v) is 2.42. The Labute approximate surface area is 75.3 Å². The topological polar surface area (TPSA) is 12.0 Å². The fraction of sp³-hybridized carbons (Fsp3) is 0.333. The first-order valence-corrected chi connectivity index (χ1v) is 4.32. The van der Waals surface area contributed by atoms with Gasteiger partial charge in [0.15, 0.2) is 7.98 Å². The van der Waals surface area contributed by atoms with E-state index >= 15 is 0 Å². The zero-order chi connectivity index (χ0) is 8.39. The van der Waals surface area contributed by atoms with Crippen molar-refractivity contribution in [3.05, 3.63) is 29.3 Å². The summed E-state index contributed by atoms with van der Waals surface area (Å²) in [6.07, 6.45) is 3.70. The lowest BCUT2D eigenvalue weighted by atomic mass is 9.77. The molecule has 1 aliphatic rings. The summed E-state index contributed by atoms with van der Waals surface area (Å²) in [5.74, 6) is 0. The lowest BCUT2D eigenvalue weighted by molar-refractivity contribution is 0.913. The highest BCUT2D eigenvalue weighted by Crippen LogP contribution is 2.18. The number of fused-ring (bicyclic) bond motifs is 1. The number of benzene rings is 1. The van der Waals surface area contributed by atoms with Crippen molar-refractivity contribution in [1.82, 2.24) is 5.14 Å². The van der Waals surface area contributed by atoms with E-state index in [2.05, 4.69) is 23.3 Å². The zero-order valence-corrected chi connectivity index (χ0v) is 7.01. The minimum absolute atomic E-state index is 1.20. The zero-order valence-electron chi connectivity index (χ0n) is 7.01. The summed E-state index contributed by atoms with van der Waals surface area (Å²) in [7, 11) is 7.11. The molecule has 0 heterocycles. The summed E-state index contributed by atoms with van der Waals surface area (Å²) < 4.78 is 0. The molecule has 1 aromatic rings. The first kappa shape index (κ1) is 7.93. The molecule has 0 saturated carbocycles. The molecule has 2 rings (SSSR count). The summed E-state index contributed by atoms with van der Waals surface area (Å²) in [6.45, 7) is 0. The third kappa shape index (κ3) is 1.29. The van der Waals surface area contributed by atoms with Gasteiger partial charge in [-0.15, -0.1) is 0 Å². The van der Waals surface area contributed by atoms with Gasteiger partial charge >= 0.3 is 0 Å². The predicted octanol–water partition coefficient (Wildman–Crippen LogP) is 0.0929. The van der Waals surface area contributed by atoms with Crippen LogP contribution >= 0.6 is 0 Å².